The standard InChI is InChI=1S/C20H21N3O/c1-13-11-16(15(3)22(13)17-9-10-17)12-19-14(2)21-23(20(19)24)18-7-5-4-6-8-18/h4-8,11-12,17,21H,2,9-10H2,1,3H3/b19-12-. The van der Waals surface area contributed by atoms with Crippen molar-refractivity contribution in [3.05, 3.63) is 74.3 Å². The maximum atomic E-state index is 12.8. The summed E-state index contributed by atoms with van der Waals surface area (Å²) in [5.41, 5.74) is 4.32. The van der Waals surface area contributed by atoms with Crippen LogP contribution in [0, 0.1) is 13.8 Å². The van der Waals surface area contributed by atoms with Gasteiger partial charge in [-0.1, -0.05) is 24.8 Å². The van der Waals surface area contributed by atoms with Crippen LogP contribution in [0.15, 0.2) is 41.2 Å². The maximum absolute atomic E-state index is 12.8. The molecule has 1 aliphatic rings. The molecule has 4 rings (SSSR count). The van der Waals surface area contributed by atoms with E-state index < -0.39 is 0 Å². The summed E-state index contributed by atoms with van der Waals surface area (Å²) < 4.78 is 3.94. The Balaban J connectivity index is 1.88. The lowest BCUT2D eigenvalue weighted by molar-refractivity contribution is 0.699. The fourth-order valence-electron chi connectivity index (χ4n) is 3.40. The second kappa shape index (κ2) is 5.41. The van der Waals surface area contributed by atoms with Crippen molar-refractivity contribution in [2.24, 2.45) is 0 Å². The molecule has 4 nitrogen and oxygen atoms in total. The molecule has 1 aliphatic carbocycles. The molecule has 1 aromatic carbocycles. The van der Waals surface area contributed by atoms with Gasteiger partial charge in [0.25, 0.3) is 5.56 Å². The molecule has 0 saturated heterocycles. The highest BCUT2D eigenvalue weighted by Crippen LogP contribution is 2.38. The zero-order valence-corrected chi connectivity index (χ0v) is 14.0. The van der Waals surface area contributed by atoms with Crippen LogP contribution < -0.4 is 16.1 Å². The molecule has 4 heteroatoms. The Morgan fingerprint density at radius 2 is 1.92 bits per heavy atom. The summed E-state index contributed by atoms with van der Waals surface area (Å²) in [6.45, 7) is 8.27. The molecule has 0 atom stereocenters. The minimum absolute atomic E-state index is 0.0672. The number of para-hydroxylation sites is 1. The molecule has 0 bridgehead atoms. The van der Waals surface area contributed by atoms with Crippen molar-refractivity contribution in [2.75, 3.05) is 0 Å². The first-order chi connectivity index (χ1) is 11.6. The lowest BCUT2D eigenvalue weighted by Gasteiger charge is -2.06. The predicted molar refractivity (Wildman–Crippen MR) is 96.9 cm³/mol. The third kappa shape index (κ3) is 2.35. The van der Waals surface area contributed by atoms with Crippen molar-refractivity contribution in [1.29, 1.82) is 0 Å². The summed E-state index contributed by atoms with van der Waals surface area (Å²) in [4.78, 5) is 12.8. The minimum atomic E-state index is -0.0672. The third-order valence-corrected chi connectivity index (χ3v) is 4.76. The molecule has 1 fully saturated rings. The molecular formula is C20H21N3O. The number of hydrogen-bond donors (Lipinski definition) is 1. The van der Waals surface area contributed by atoms with Gasteiger partial charge in [0.05, 0.1) is 16.3 Å². The van der Waals surface area contributed by atoms with E-state index in [2.05, 4.69) is 36.2 Å². The van der Waals surface area contributed by atoms with E-state index >= 15 is 0 Å². The van der Waals surface area contributed by atoms with Crippen LogP contribution in [-0.2, 0) is 0 Å². The van der Waals surface area contributed by atoms with E-state index in [0.717, 1.165) is 11.3 Å². The largest absolute Gasteiger partial charge is 0.346 e. The molecular weight excluding hydrogens is 298 g/mol. The molecule has 2 aromatic heterocycles. The zero-order chi connectivity index (χ0) is 16.8. The third-order valence-electron chi connectivity index (χ3n) is 4.76. The van der Waals surface area contributed by atoms with Gasteiger partial charge in [0.1, 0.15) is 0 Å². The van der Waals surface area contributed by atoms with E-state index in [9.17, 15) is 4.79 Å². The number of H-pyrrole nitrogens is 1. The average molecular weight is 319 g/mol. The summed E-state index contributed by atoms with van der Waals surface area (Å²) in [5.74, 6) is 0. The summed E-state index contributed by atoms with van der Waals surface area (Å²) in [5, 5.41) is 4.34. The molecule has 0 unspecified atom stereocenters. The first-order valence-corrected chi connectivity index (χ1v) is 8.32. The van der Waals surface area contributed by atoms with E-state index in [0.29, 0.717) is 16.6 Å². The second-order valence-corrected chi connectivity index (χ2v) is 6.55. The Morgan fingerprint density at radius 1 is 1.21 bits per heavy atom. The van der Waals surface area contributed by atoms with Crippen molar-refractivity contribution in [3.63, 3.8) is 0 Å². The molecule has 122 valence electrons. The van der Waals surface area contributed by atoms with Crippen LogP contribution in [0.3, 0.4) is 0 Å². The summed E-state index contributed by atoms with van der Waals surface area (Å²) in [6, 6.07) is 12.4. The van der Waals surface area contributed by atoms with Crippen LogP contribution in [0.2, 0.25) is 0 Å². The molecule has 24 heavy (non-hydrogen) atoms. The van der Waals surface area contributed by atoms with Gasteiger partial charge in [0, 0.05) is 17.4 Å². The predicted octanol–water partition coefficient (Wildman–Crippen LogP) is 2.16. The normalized spacial score (nSPS) is 15.2. The minimum Gasteiger partial charge on any atom is -0.346 e. The Hall–Kier alpha value is -2.75. The van der Waals surface area contributed by atoms with Crippen LogP contribution in [0.4, 0.5) is 0 Å². The van der Waals surface area contributed by atoms with Gasteiger partial charge in [-0.3, -0.25) is 9.89 Å². The SMILES string of the molecule is C=c1[nH]n(-c2ccccc2)c(=O)/c1=C\c1cc(C)n(C2CC2)c1C. The van der Waals surface area contributed by atoms with Crippen molar-refractivity contribution >= 4 is 12.7 Å². The number of benzene rings is 1. The van der Waals surface area contributed by atoms with Crippen molar-refractivity contribution in [1.82, 2.24) is 14.3 Å². The number of rotatable bonds is 3. The highest BCUT2D eigenvalue weighted by atomic mass is 16.1. The number of aromatic amines is 1. The monoisotopic (exact) mass is 319 g/mol. The van der Waals surface area contributed by atoms with Gasteiger partial charge < -0.3 is 4.57 Å². The van der Waals surface area contributed by atoms with Gasteiger partial charge in [-0.15, -0.1) is 0 Å². The molecule has 1 saturated carbocycles. The molecule has 0 aliphatic heterocycles. The Bertz CT molecular complexity index is 1060. The van der Waals surface area contributed by atoms with E-state index in [1.54, 1.807) is 4.68 Å². The van der Waals surface area contributed by atoms with Gasteiger partial charge in [0.15, 0.2) is 0 Å². The Labute approximate surface area is 140 Å². The quantitative estimate of drug-likeness (QED) is 0.790. The summed E-state index contributed by atoms with van der Waals surface area (Å²) in [6.07, 6.45) is 4.46. The first-order valence-electron chi connectivity index (χ1n) is 8.32. The van der Waals surface area contributed by atoms with Gasteiger partial charge in [0.2, 0.25) is 0 Å². The van der Waals surface area contributed by atoms with Crippen LogP contribution in [0.25, 0.3) is 18.3 Å². The fourth-order valence-corrected chi connectivity index (χ4v) is 3.40. The van der Waals surface area contributed by atoms with Gasteiger partial charge >= 0.3 is 0 Å². The Kier molecular flexibility index (Phi) is 3.34. The van der Waals surface area contributed by atoms with Crippen LogP contribution in [0.5, 0.6) is 0 Å². The molecule has 2 heterocycles. The molecule has 0 amide bonds. The fraction of sp³-hybridized carbons (Fsp3) is 0.250. The summed E-state index contributed by atoms with van der Waals surface area (Å²) >= 11 is 0. The molecule has 0 radical (unpaired) electrons. The van der Waals surface area contributed by atoms with Gasteiger partial charge in [-0.2, -0.15) is 0 Å². The topological polar surface area (TPSA) is 42.7 Å². The van der Waals surface area contributed by atoms with Gasteiger partial charge in [-0.05, 0) is 56.5 Å². The van der Waals surface area contributed by atoms with Crippen LogP contribution in [-0.4, -0.2) is 14.3 Å². The first kappa shape index (κ1) is 14.8. The average Bonchev–Trinajstić information content (AvgIpc) is 3.31. The van der Waals surface area contributed by atoms with E-state index in [1.807, 2.05) is 36.4 Å². The highest BCUT2D eigenvalue weighted by Gasteiger charge is 2.26. The zero-order valence-electron chi connectivity index (χ0n) is 14.0. The Morgan fingerprint density at radius 3 is 2.58 bits per heavy atom. The number of hydrogen-bond acceptors (Lipinski definition) is 1. The number of aromatic nitrogens is 3. The van der Waals surface area contributed by atoms with Crippen molar-refractivity contribution < 1.29 is 0 Å². The molecule has 0 spiro atoms. The van der Waals surface area contributed by atoms with Crippen LogP contribution in [0.1, 0.15) is 35.8 Å². The molecule has 3 aromatic rings. The summed E-state index contributed by atoms with van der Waals surface area (Å²) in [7, 11) is 0. The van der Waals surface area contributed by atoms with Crippen LogP contribution >= 0.6 is 0 Å². The van der Waals surface area contributed by atoms with E-state index in [-0.39, 0.29) is 5.56 Å². The smallest absolute Gasteiger partial charge is 0.279 e. The lowest BCUT2D eigenvalue weighted by Crippen LogP contribution is -2.34. The van der Waals surface area contributed by atoms with Crippen molar-refractivity contribution in [2.45, 2.75) is 32.7 Å². The number of nitrogens with one attached hydrogen (secondary N) is 1. The lowest BCUT2D eigenvalue weighted by atomic mass is 10.2. The number of aryl methyl sites for hydroxylation is 1. The maximum Gasteiger partial charge on any atom is 0.279 e. The highest BCUT2D eigenvalue weighted by molar-refractivity contribution is 5.54. The van der Waals surface area contributed by atoms with Gasteiger partial charge in [-0.25, -0.2) is 4.68 Å². The molecule has 1 N–H and O–H groups in total. The van der Waals surface area contributed by atoms with E-state index in [1.165, 1.54) is 24.2 Å². The van der Waals surface area contributed by atoms with E-state index in [4.69, 9.17) is 0 Å². The van der Waals surface area contributed by atoms with Crippen molar-refractivity contribution in [3.8, 4) is 5.69 Å². The number of nitrogens with zero attached hydrogens (tertiary/aromatic N) is 2. The second-order valence-electron chi connectivity index (χ2n) is 6.55.